The highest BCUT2D eigenvalue weighted by Crippen LogP contribution is 2.17. The number of amides is 1. The van der Waals surface area contributed by atoms with Gasteiger partial charge in [-0.05, 0) is 31.9 Å². The fourth-order valence-electron chi connectivity index (χ4n) is 2.72. The van der Waals surface area contributed by atoms with Gasteiger partial charge in [-0.15, -0.1) is 0 Å². The maximum absolute atomic E-state index is 11.9. The van der Waals surface area contributed by atoms with Gasteiger partial charge in [-0.1, -0.05) is 43.4 Å². The summed E-state index contributed by atoms with van der Waals surface area (Å²) in [6.07, 6.45) is 8.00. The molecule has 0 saturated heterocycles. The van der Waals surface area contributed by atoms with E-state index in [-0.39, 0.29) is 5.91 Å². The Kier molecular flexibility index (Phi) is 5.90. The van der Waals surface area contributed by atoms with Gasteiger partial charge in [0, 0.05) is 24.7 Å². The highest BCUT2D eigenvalue weighted by atomic mass is 16.1. The summed E-state index contributed by atoms with van der Waals surface area (Å²) in [6.45, 7) is 2.77. The van der Waals surface area contributed by atoms with E-state index in [1.165, 1.54) is 31.2 Å². The van der Waals surface area contributed by atoms with Crippen LogP contribution in [0.2, 0.25) is 0 Å². The topological polar surface area (TPSA) is 41.1 Å². The molecule has 1 aliphatic carbocycles. The predicted octanol–water partition coefficient (Wildman–Crippen LogP) is 3.64. The van der Waals surface area contributed by atoms with E-state index in [2.05, 4.69) is 41.8 Å². The molecule has 1 saturated carbocycles. The minimum absolute atomic E-state index is 0.177. The fourth-order valence-corrected chi connectivity index (χ4v) is 2.72. The van der Waals surface area contributed by atoms with Gasteiger partial charge in [0.1, 0.15) is 0 Å². The molecular weight excluding hydrogens is 248 g/mol. The maximum Gasteiger partial charge on any atom is 0.221 e. The molecule has 0 heterocycles. The number of anilines is 1. The number of carbonyl (C=O) groups excluding carboxylic acids is 1. The molecular formula is C17H26N2O. The smallest absolute Gasteiger partial charge is 0.221 e. The van der Waals surface area contributed by atoms with Gasteiger partial charge >= 0.3 is 0 Å². The quantitative estimate of drug-likeness (QED) is 0.805. The zero-order valence-electron chi connectivity index (χ0n) is 12.5. The highest BCUT2D eigenvalue weighted by Gasteiger charge is 2.14. The molecule has 0 aromatic heterocycles. The Hall–Kier alpha value is -1.51. The third-order valence-electron chi connectivity index (χ3n) is 3.95. The van der Waals surface area contributed by atoms with Gasteiger partial charge in [0.15, 0.2) is 0 Å². The molecule has 0 atom stereocenters. The normalized spacial score (nSPS) is 16.4. The van der Waals surface area contributed by atoms with Crippen molar-refractivity contribution in [2.45, 2.75) is 57.9 Å². The second-order valence-electron chi connectivity index (χ2n) is 5.80. The lowest BCUT2D eigenvalue weighted by Gasteiger charge is -2.16. The second kappa shape index (κ2) is 7.93. The van der Waals surface area contributed by atoms with E-state index in [1.54, 1.807) is 0 Å². The van der Waals surface area contributed by atoms with Crippen molar-refractivity contribution >= 4 is 11.6 Å². The maximum atomic E-state index is 11.9. The standard InChI is InChI=1S/C17H26N2O/c1-14-8-10-15(11-9-14)18-13-12-17(20)19-16-6-4-2-3-5-7-16/h8-11,16,18H,2-7,12-13H2,1H3,(H,19,20). The first-order valence-corrected chi connectivity index (χ1v) is 7.84. The molecule has 0 unspecified atom stereocenters. The summed E-state index contributed by atoms with van der Waals surface area (Å²) < 4.78 is 0. The second-order valence-corrected chi connectivity index (χ2v) is 5.80. The Labute approximate surface area is 122 Å². The minimum Gasteiger partial charge on any atom is -0.385 e. The Bertz CT molecular complexity index is 406. The zero-order chi connectivity index (χ0) is 14.2. The van der Waals surface area contributed by atoms with Crippen molar-refractivity contribution in [1.82, 2.24) is 5.32 Å². The number of hydrogen-bond donors (Lipinski definition) is 2. The molecule has 1 aliphatic rings. The first-order chi connectivity index (χ1) is 9.74. The summed E-state index contributed by atoms with van der Waals surface area (Å²) in [5.74, 6) is 0.177. The van der Waals surface area contributed by atoms with Crippen molar-refractivity contribution in [2.75, 3.05) is 11.9 Å². The van der Waals surface area contributed by atoms with Crippen LogP contribution in [0.3, 0.4) is 0 Å². The molecule has 20 heavy (non-hydrogen) atoms. The van der Waals surface area contributed by atoms with Gasteiger partial charge in [-0.3, -0.25) is 4.79 Å². The molecule has 3 nitrogen and oxygen atoms in total. The Morgan fingerprint density at radius 1 is 1.10 bits per heavy atom. The third kappa shape index (κ3) is 5.24. The summed E-state index contributed by atoms with van der Waals surface area (Å²) in [7, 11) is 0. The van der Waals surface area contributed by atoms with Gasteiger partial charge in [-0.25, -0.2) is 0 Å². The van der Waals surface area contributed by atoms with Gasteiger partial charge < -0.3 is 10.6 Å². The van der Waals surface area contributed by atoms with E-state index >= 15 is 0 Å². The van der Waals surface area contributed by atoms with Crippen LogP contribution in [0.4, 0.5) is 5.69 Å². The summed E-state index contributed by atoms with van der Waals surface area (Å²) in [4.78, 5) is 11.9. The molecule has 1 fully saturated rings. The molecule has 0 radical (unpaired) electrons. The molecule has 1 aromatic carbocycles. The van der Waals surface area contributed by atoms with Gasteiger partial charge in [-0.2, -0.15) is 0 Å². The van der Waals surface area contributed by atoms with E-state index in [0.717, 1.165) is 18.5 Å². The van der Waals surface area contributed by atoms with Gasteiger partial charge in [0.25, 0.3) is 0 Å². The number of benzene rings is 1. The van der Waals surface area contributed by atoms with Gasteiger partial charge in [0.2, 0.25) is 5.91 Å². The Balaban J connectivity index is 1.65. The van der Waals surface area contributed by atoms with Crippen LogP contribution in [0.5, 0.6) is 0 Å². The van der Waals surface area contributed by atoms with Crippen LogP contribution in [-0.2, 0) is 4.79 Å². The van der Waals surface area contributed by atoms with E-state index in [9.17, 15) is 4.79 Å². The minimum atomic E-state index is 0.177. The molecule has 3 heteroatoms. The average molecular weight is 274 g/mol. The van der Waals surface area contributed by atoms with Crippen LogP contribution in [0.15, 0.2) is 24.3 Å². The molecule has 110 valence electrons. The number of nitrogens with one attached hydrogen (secondary N) is 2. The summed E-state index contributed by atoms with van der Waals surface area (Å²) in [5, 5.41) is 6.47. The van der Waals surface area contributed by atoms with Crippen LogP contribution in [0, 0.1) is 6.92 Å². The molecule has 2 N–H and O–H groups in total. The van der Waals surface area contributed by atoms with Crippen LogP contribution >= 0.6 is 0 Å². The van der Waals surface area contributed by atoms with E-state index in [4.69, 9.17) is 0 Å². The number of rotatable bonds is 5. The van der Waals surface area contributed by atoms with Crippen LogP contribution < -0.4 is 10.6 Å². The largest absolute Gasteiger partial charge is 0.385 e. The Morgan fingerprint density at radius 2 is 1.75 bits per heavy atom. The summed E-state index contributed by atoms with van der Waals surface area (Å²) in [5.41, 5.74) is 2.33. The lowest BCUT2D eigenvalue weighted by atomic mass is 10.1. The average Bonchev–Trinajstić information content (AvgIpc) is 2.70. The number of carbonyl (C=O) groups is 1. The summed E-state index contributed by atoms with van der Waals surface area (Å²) >= 11 is 0. The molecule has 1 aromatic rings. The predicted molar refractivity (Wildman–Crippen MR) is 83.9 cm³/mol. The SMILES string of the molecule is Cc1ccc(NCCC(=O)NC2CCCCCC2)cc1. The zero-order valence-corrected chi connectivity index (χ0v) is 12.5. The first-order valence-electron chi connectivity index (χ1n) is 7.84. The monoisotopic (exact) mass is 274 g/mol. The molecule has 0 bridgehead atoms. The third-order valence-corrected chi connectivity index (χ3v) is 3.95. The summed E-state index contributed by atoms with van der Waals surface area (Å²) in [6, 6.07) is 8.67. The lowest BCUT2D eigenvalue weighted by molar-refractivity contribution is -0.121. The van der Waals surface area contributed by atoms with Crippen molar-refractivity contribution in [3.05, 3.63) is 29.8 Å². The number of aryl methyl sites for hydroxylation is 1. The molecule has 1 amide bonds. The Morgan fingerprint density at radius 3 is 2.40 bits per heavy atom. The molecule has 0 aliphatic heterocycles. The van der Waals surface area contributed by atoms with Crippen LogP contribution in [0.25, 0.3) is 0 Å². The van der Waals surface area contributed by atoms with Crippen molar-refractivity contribution in [3.8, 4) is 0 Å². The van der Waals surface area contributed by atoms with Crippen molar-refractivity contribution in [1.29, 1.82) is 0 Å². The lowest BCUT2D eigenvalue weighted by Crippen LogP contribution is -2.35. The van der Waals surface area contributed by atoms with Crippen molar-refractivity contribution in [3.63, 3.8) is 0 Å². The number of hydrogen-bond acceptors (Lipinski definition) is 2. The molecule has 2 rings (SSSR count). The fraction of sp³-hybridized carbons (Fsp3) is 0.588. The van der Waals surface area contributed by atoms with Crippen LogP contribution in [0.1, 0.15) is 50.5 Å². The van der Waals surface area contributed by atoms with Crippen molar-refractivity contribution in [2.24, 2.45) is 0 Å². The van der Waals surface area contributed by atoms with Crippen LogP contribution in [-0.4, -0.2) is 18.5 Å². The molecule has 0 spiro atoms. The van der Waals surface area contributed by atoms with Gasteiger partial charge in [0.05, 0.1) is 0 Å². The van der Waals surface area contributed by atoms with E-state index in [1.807, 2.05) is 0 Å². The van der Waals surface area contributed by atoms with E-state index in [0.29, 0.717) is 19.0 Å². The van der Waals surface area contributed by atoms with E-state index < -0.39 is 0 Å². The van der Waals surface area contributed by atoms with Crippen molar-refractivity contribution < 1.29 is 4.79 Å². The highest BCUT2D eigenvalue weighted by molar-refractivity contribution is 5.76. The first kappa shape index (κ1) is 14.9.